The van der Waals surface area contributed by atoms with E-state index in [0.717, 1.165) is 24.2 Å². The molecule has 158 valence electrons. The number of benzene rings is 1. The molecule has 1 aromatic carbocycles. The van der Waals surface area contributed by atoms with Crippen LogP contribution in [0.1, 0.15) is 23.4 Å². The van der Waals surface area contributed by atoms with Crippen LogP contribution in [0.15, 0.2) is 63.1 Å². The fourth-order valence-corrected chi connectivity index (χ4v) is 4.89. The Morgan fingerprint density at radius 1 is 1.26 bits per heavy atom. The zero-order valence-electron chi connectivity index (χ0n) is 17.1. The maximum atomic E-state index is 13.1. The van der Waals surface area contributed by atoms with E-state index in [0.29, 0.717) is 28.5 Å². The summed E-state index contributed by atoms with van der Waals surface area (Å²) in [6.45, 7) is 2.86. The standard InChI is InChI=1S/C23H22N4O3S/c1-15-12-18-21(24-15)22(29)27(13-17-8-5-11-30-17)23(25-18)31-14-20(28)26-10-4-7-16-6-2-3-9-19(16)26/h2-3,5-6,8-9,11-12,24H,4,7,10,13-14H2,1H3. The first kappa shape index (κ1) is 19.7. The molecule has 0 bridgehead atoms. The Balaban J connectivity index is 1.45. The van der Waals surface area contributed by atoms with E-state index < -0.39 is 0 Å². The number of carbonyl (C=O) groups is 1. The number of carbonyl (C=O) groups excluding carboxylic acids is 1. The third-order valence-corrected chi connectivity index (χ3v) is 6.43. The van der Waals surface area contributed by atoms with Gasteiger partial charge in [-0.3, -0.25) is 14.2 Å². The van der Waals surface area contributed by atoms with Gasteiger partial charge in [0.2, 0.25) is 5.91 Å². The van der Waals surface area contributed by atoms with Crippen LogP contribution in [0.2, 0.25) is 0 Å². The molecule has 0 saturated carbocycles. The summed E-state index contributed by atoms with van der Waals surface area (Å²) in [6, 6.07) is 13.5. The lowest BCUT2D eigenvalue weighted by atomic mass is 10.0. The highest BCUT2D eigenvalue weighted by atomic mass is 32.2. The van der Waals surface area contributed by atoms with Crippen molar-refractivity contribution in [2.75, 3.05) is 17.2 Å². The summed E-state index contributed by atoms with van der Waals surface area (Å²) in [6.07, 6.45) is 3.51. The summed E-state index contributed by atoms with van der Waals surface area (Å²) in [4.78, 5) is 35.8. The van der Waals surface area contributed by atoms with Crippen LogP contribution in [0.5, 0.6) is 0 Å². The van der Waals surface area contributed by atoms with Crippen molar-refractivity contribution in [1.29, 1.82) is 0 Å². The van der Waals surface area contributed by atoms with Crippen LogP contribution in [0.3, 0.4) is 0 Å². The number of fused-ring (bicyclic) bond motifs is 2. The van der Waals surface area contributed by atoms with Crippen molar-refractivity contribution in [3.8, 4) is 0 Å². The van der Waals surface area contributed by atoms with E-state index in [9.17, 15) is 9.59 Å². The van der Waals surface area contributed by atoms with Crippen LogP contribution in [0.4, 0.5) is 5.69 Å². The number of para-hydroxylation sites is 1. The van der Waals surface area contributed by atoms with Gasteiger partial charge in [-0.1, -0.05) is 30.0 Å². The van der Waals surface area contributed by atoms with Gasteiger partial charge in [0.15, 0.2) is 5.16 Å². The summed E-state index contributed by atoms with van der Waals surface area (Å²) in [5.41, 5.74) is 3.95. The number of amides is 1. The summed E-state index contributed by atoms with van der Waals surface area (Å²) in [5.74, 6) is 0.874. The first-order valence-corrected chi connectivity index (χ1v) is 11.2. The SMILES string of the molecule is Cc1cc2nc(SCC(=O)N3CCCc4ccccc43)n(Cc3ccco3)c(=O)c2[nH]1. The van der Waals surface area contributed by atoms with Gasteiger partial charge in [0.1, 0.15) is 11.3 Å². The maximum Gasteiger partial charge on any atom is 0.278 e. The third kappa shape index (κ3) is 3.79. The van der Waals surface area contributed by atoms with Crippen molar-refractivity contribution in [3.63, 3.8) is 0 Å². The van der Waals surface area contributed by atoms with Gasteiger partial charge in [-0.25, -0.2) is 4.98 Å². The van der Waals surface area contributed by atoms with Crippen molar-refractivity contribution >= 4 is 34.4 Å². The quantitative estimate of drug-likeness (QED) is 0.382. The molecule has 0 aliphatic carbocycles. The molecule has 5 rings (SSSR count). The minimum absolute atomic E-state index is 0.0151. The fraction of sp³-hybridized carbons (Fsp3) is 0.261. The second-order valence-corrected chi connectivity index (χ2v) is 8.59. The molecule has 1 amide bonds. The molecule has 31 heavy (non-hydrogen) atoms. The molecule has 1 N–H and O–H groups in total. The Labute approximate surface area is 183 Å². The van der Waals surface area contributed by atoms with Crippen LogP contribution in [-0.4, -0.2) is 32.7 Å². The van der Waals surface area contributed by atoms with Gasteiger partial charge >= 0.3 is 0 Å². The minimum atomic E-state index is -0.173. The number of hydrogen-bond donors (Lipinski definition) is 1. The Bertz CT molecular complexity index is 1310. The predicted octanol–water partition coefficient (Wildman–Crippen LogP) is 3.75. The van der Waals surface area contributed by atoms with Gasteiger partial charge in [0.05, 0.1) is 24.1 Å². The van der Waals surface area contributed by atoms with Gasteiger partial charge in [0, 0.05) is 17.9 Å². The maximum absolute atomic E-state index is 13.1. The van der Waals surface area contributed by atoms with Gasteiger partial charge < -0.3 is 14.3 Å². The minimum Gasteiger partial charge on any atom is -0.467 e. The van der Waals surface area contributed by atoms with Crippen LogP contribution in [0.25, 0.3) is 11.0 Å². The number of H-pyrrole nitrogens is 1. The summed E-state index contributed by atoms with van der Waals surface area (Å²) in [5, 5.41) is 0.506. The van der Waals surface area contributed by atoms with Crippen molar-refractivity contribution in [1.82, 2.24) is 14.5 Å². The number of rotatable bonds is 5. The molecule has 0 saturated heterocycles. The van der Waals surface area contributed by atoms with E-state index in [4.69, 9.17) is 4.42 Å². The van der Waals surface area contributed by atoms with Crippen LogP contribution in [-0.2, 0) is 17.8 Å². The van der Waals surface area contributed by atoms with E-state index in [-0.39, 0.29) is 23.8 Å². The number of hydrogen-bond acceptors (Lipinski definition) is 5. The number of nitrogens with one attached hydrogen (secondary N) is 1. The highest BCUT2D eigenvalue weighted by Crippen LogP contribution is 2.28. The zero-order chi connectivity index (χ0) is 21.4. The summed E-state index contributed by atoms with van der Waals surface area (Å²) in [7, 11) is 0. The molecule has 1 aliphatic heterocycles. The molecule has 0 fully saturated rings. The summed E-state index contributed by atoms with van der Waals surface area (Å²) >= 11 is 1.29. The highest BCUT2D eigenvalue weighted by molar-refractivity contribution is 7.99. The molecule has 4 heterocycles. The molecule has 4 aromatic rings. The second-order valence-electron chi connectivity index (χ2n) is 7.64. The van der Waals surface area contributed by atoms with Crippen molar-refractivity contribution in [2.45, 2.75) is 31.5 Å². The molecule has 0 spiro atoms. The number of thioether (sulfide) groups is 1. The Kier molecular flexibility index (Phi) is 5.15. The van der Waals surface area contributed by atoms with Crippen molar-refractivity contribution < 1.29 is 9.21 Å². The summed E-state index contributed by atoms with van der Waals surface area (Å²) < 4.78 is 7.01. The van der Waals surface area contributed by atoms with Crippen LogP contribution >= 0.6 is 11.8 Å². The average Bonchev–Trinajstić information content (AvgIpc) is 3.43. The van der Waals surface area contributed by atoms with E-state index in [1.165, 1.54) is 17.3 Å². The second kappa shape index (κ2) is 8.11. The molecule has 8 heteroatoms. The largest absolute Gasteiger partial charge is 0.467 e. The highest BCUT2D eigenvalue weighted by Gasteiger charge is 2.23. The Hall–Kier alpha value is -3.26. The first-order chi connectivity index (χ1) is 15.1. The lowest BCUT2D eigenvalue weighted by Crippen LogP contribution is -2.36. The molecule has 0 atom stereocenters. The molecule has 3 aromatic heterocycles. The first-order valence-electron chi connectivity index (χ1n) is 10.2. The molecule has 0 unspecified atom stereocenters. The van der Waals surface area contributed by atoms with Gasteiger partial charge in [-0.05, 0) is 49.6 Å². The lowest BCUT2D eigenvalue weighted by molar-refractivity contribution is -0.116. The molecule has 0 radical (unpaired) electrons. The van der Waals surface area contributed by atoms with Crippen LogP contribution in [0, 0.1) is 6.92 Å². The number of aryl methyl sites for hydroxylation is 2. The van der Waals surface area contributed by atoms with Gasteiger partial charge in [0.25, 0.3) is 5.56 Å². The Morgan fingerprint density at radius 2 is 2.13 bits per heavy atom. The van der Waals surface area contributed by atoms with Crippen molar-refractivity contribution in [3.05, 3.63) is 76.1 Å². The molecular formula is C23H22N4O3S. The van der Waals surface area contributed by atoms with Gasteiger partial charge in [-0.2, -0.15) is 0 Å². The van der Waals surface area contributed by atoms with Gasteiger partial charge in [-0.15, -0.1) is 0 Å². The van der Waals surface area contributed by atoms with Crippen LogP contribution < -0.4 is 10.5 Å². The van der Waals surface area contributed by atoms with E-state index in [1.807, 2.05) is 42.2 Å². The molecule has 7 nitrogen and oxygen atoms in total. The predicted molar refractivity (Wildman–Crippen MR) is 121 cm³/mol. The number of aromatic amines is 1. The van der Waals surface area contributed by atoms with Crippen molar-refractivity contribution in [2.24, 2.45) is 0 Å². The normalized spacial score (nSPS) is 13.5. The fourth-order valence-electron chi connectivity index (χ4n) is 4.02. The third-order valence-electron chi connectivity index (χ3n) is 5.47. The van der Waals surface area contributed by atoms with E-state index >= 15 is 0 Å². The van der Waals surface area contributed by atoms with E-state index in [1.54, 1.807) is 16.9 Å². The number of furan rings is 1. The number of aromatic nitrogens is 3. The average molecular weight is 435 g/mol. The van der Waals surface area contributed by atoms with E-state index in [2.05, 4.69) is 16.0 Å². The Morgan fingerprint density at radius 3 is 2.97 bits per heavy atom. The molecular weight excluding hydrogens is 412 g/mol. The zero-order valence-corrected chi connectivity index (χ0v) is 17.9. The number of nitrogens with zero attached hydrogens (tertiary/aromatic N) is 3. The lowest BCUT2D eigenvalue weighted by Gasteiger charge is -2.29. The topological polar surface area (TPSA) is 84.1 Å². The monoisotopic (exact) mass is 434 g/mol. The smallest absolute Gasteiger partial charge is 0.278 e. The number of anilines is 1. The molecule has 1 aliphatic rings.